The second-order valence-electron chi connectivity index (χ2n) is 4.45. The van der Waals surface area contributed by atoms with E-state index < -0.39 is 0 Å². The lowest BCUT2D eigenvalue weighted by Gasteiger charge is -2.30. The summed E-state index contributed by atoms with van der Waals surface area (Å²) in [6.45, 7) is 5.07. The van der Waals surface area contributed by atoms with Crippen molar-refractivity contribution in [2.45, 2.75) is 45.6 Å². The van der Waals surface area contributed by atoms with Crippen molar-refractivity contribution in [1.82, 2.24) is 21.5 Å². The Hall–Kier alpha value is -0.620. The molecule has 1 rings (SSSR count). The normalized spacial score (nSPS) is 23.6. The van der Waals surface area contributed by atoms with Gasteiger partial charge in [0.1, 0.15) is 0 Å². The van der Waals surface area contributed by atoms with Crippen LogP contribution in [0.25, 0.3) is 0 Å². The molecule has 4 nitrogen and oxygen atoms in total. The number of hydrogen-bond acceptors (Lipinski definition) is 2. The van der Waals surface area contributed by atoms with Gasteiger partial charge in [-0.15, -0.1) is 0 Å². The summed E-state index contributed by atoms with van der Waals surface area (Å²) >= 11 is 10.2. The molecular weight excluding hydrogens is 252 g/mol. The van der Waals surface area contributed by atoms with Gasteiger partial charge in [0.2, 0.25) is 0 Å². The van der Waals surface area contributed by atoms with Crippen molar-refractivity contribution in [3.8, 4) is 0 Å². The topological polar surface area (TPSA) is 48.1 Å². The Morgan fingerprint density at radius 2 is 1.76 bits per heavy atom. The third kappa shape index (κ3) is 5.50. The van der Waals surface area contributed by atoms with Crippen LogP contribution < -0.4 is 21.5 Å². The summed E-state index contributed by atoms with van der Waals surface area (Å²) in [4.78, 5) is 0. The highest BCUT2D eigenvalue weighted by Crippen LogP contribution is 2.23. The Morgan fingerprint density at radius 3 is 2.41 bits per heavy atom. The molecule has 0 radical (unpaired) electrons. The summed E-state index contributed by atoms with van der Waals surface area (Å²) in [6.07, 6.45) is 5.10. The lowest BCUT2D eigenvalue weighted by molar-refractivity contribution is 0.308. The molecule has 1 aliphatic carbocycles. The van der Waals surface area contributed by atoms with Gasteiger partial charge in [-0.05, 0) is 50.1 Å². The van der Waals surface area contributed by atoms with Gasteiger partial charge in [-0.2, -0.15) is 0 Å². The standard InChI is InChI=1S/C11H22N4S2/c1-3-12-10(16)14-15-11(17)13-9-7-5-4-6-8(9)2/h8-9H,3-7H2,1-2H3,(H2,12,14,16)(H2,13,15,17)/t8-,9-/m1/s1. The van der Waals surface area contributed by atoms with Crippen molar-refractivity contribution in [2.75, 3.05) is 6.54 Å². The monoisotopic (exact) mass is 274 g/mol. The molecule has 0 heterocycles. The maximum Gasteiger partial charge on any atom is 0.185 e. The molecule has 0 bridgehead atoms. The van der Waals surface area contributed by atoms with Crippen molar-refractivity contribution in [3.63, 3.8) is 0 Å². The molecule has 98 valence electrons. The van der Waals surface area contributed by atoms with E-state index >= 15 is 0 Å². The average Bonchev–Trinajstić information content (AvgIpc) is 2.30. The van der Waals surface area contributed by atoms with E-state index in [1.807, 2.05) is 6.92 Å². The lowest BCUT2D eigenvalue weighted by atomic mass is 9.86. The van der Waals surface area contributed by atoms with Crippen LogP contribution in [0, 0.1) is 5.92 Å². The predicted molar refractivity (Wildman–Crippen MR) is 79.7 cm³/mol. The minimum Gasteiger partial charge on any atom is -0.362 e. The lowest BCUT2D eigenvalue weighted by Crippen LogP contribution is -2.53. The molecule has 2 atom stereocenters. The van der Waals surface area contributed by atoms with Gasteiger partial charge in [-0.25, -0.2) is 0 Å². The number of thiocarbonyl (C=S) groups is 2. The zero-order chi connectivity index (χ0) is 12.7. The number of hydrogen-bond donors (Lipinski definition) is 4. The first-order valence-corrected chi connectivity index (χ1v) is 7.05. The highest BCUT2D eigenvalue weighted by atomic mass is 32.1. The first kappa shape index (κ1) is 14.4. The molecule has 1 saturated carbocycles. The van der Waals surface area contributed by atoms with Gasteiger partial charge < -0.3 is 10.6 Å². The van der Waals surface area contributed by atoms with Gasteiger partial charge >= 0.3 is 0 Å². The molecule has 0 amide bonds. The maximum atomic E-state index is 5.22. The van der Waals surface area contributed by atoms with Crippen LogP contribution in [-0.2, 0) is 0 Å². The second kappa shape index (κ2) is 7.66. The van der Waals surface area contributed by atoms with Gasteiger partial charge in [-0.3, -0.25) is 10.9 Å². The quantitative estimate of drug-likeness (QED) is 0.451. The van der Waals surface area contributed by atoms with Gasteiger partial charge in [-0.1, -0.05) is 19.8 Å². The van der Waals surface area contributed by atoms with Gasteiger partial charge in [0.25, 0.3) is 0 Å². The Kier molecular flexibility index (Phi) is 6.50. The van der Waals surface area contributed by atoms with Gasteiger partial charge in [0.15, 0.2) is 10.2 Å². The molecule has 0 aromatic carbocycles. The van der Waals surface area contributed by atoms with Crippen LogP contribution in [0.3, 0.4) is 0 Å². The molecule has 4 N–H and O–H groups in total. The first-order chi connectivity index (χ1) is 8.13. The zero-order valence-corrected chi connectivity index (χ0v) is 12.1. The smallest absolute Gasteiger partial charge is 0.185 e. The first-order valence-electron chi connectivity index (χ1n) is 6.23. The predicted octanol–water partition coefficient (Wildman–Crippen LogP) is 1.43. The molecular formula is C11H22N4S2. The molecule has 0 spiro atoms. The minimum absolute atomic E-state index is 0.484. The fourth-order valence-corrected chi connectivity index (χ4v) is 2.45. The molecule has 0 aliphatic heterocycles. The van der Waals surface area contributed by atoms with E-state index in [1.54, 1.807) is 0 Å². The Balaban J connectivity index is 2.22. The van der Waals surface area contributed by atoms with Crippen molar-refractivity contribution >= 4 is 34.7 Å². The SMILES string of the molecule is CCNC(=S)NNC(=S)N[C@@H]1CCCC[C@H]1C. The van der Waals surface area contributed by atoms with Crippen LogP contribution in [-0.4, -0.2) is 22.8 Å². The fourth-order valence-electron chi connectivity index (χ4n) is 2.05. The number of rotatable bonds is 2. The third-order valence-corrected chi connectivity index (χ3v) is 3.52. The second-order valence-corrected chi connectivity index (χ2v) is 5.27. The van der Waals surface area contributed by atoms with Crippen LogP contribution in [0.15, 0.2) is 0 Å². The summed E-state index contributed by atoms with van der Waals surface area (Å²) in [5.74, 6) is 0.684. The summed E-state index contributed by atoms with van der Waals surface area (Å²) in [5, 5.41) is 7.50. The van der Waals surface area contributed by atoms with Crippen molar-refractivity contribution in [1.29, 1.82) is 0 Å². The molecule has 0 unspecified atom stereocenters. The van der Waals surface area contributed by atoms with E-state index in [9.17, 15) is 0 Å². The Bertz CT molecular complexity index is 270. The molecule has 17 heavy (non-hydrogen) atoms. The van der Waals surface area contributed by atoms with E-state index in [1.165, 1.54) is 25.7 Å². The van der Waals surface area contributed by atoms with Crippen molar-refractivity contribution in [2.24, 2.45) is 5.92 Å². The molecule has 1 aliphatic rings. The number of hydrazine groups is 1. The zero-order valence-electron chi connectivity index (χ0n) is 10.5. The summed E-state index contributed by atoms with van der Waals surface area (Å²) in [5.41, 5.74) is 5.76. The molecule has 0 aromatic heterocycles. The van der Waals surface area contributed by atoms with E-state index in [0.717, 1.165) is 6.54 Å². The molecule has 6 heteroatoms. The molecule has 0 saturated heterocycles. The maximum absolute atomic E-state index is 5.22. The van der Waals surface area contributed by atoms with Crippen molar-refractivity contribution < 1.29 is 0 Å². The van der Waals surface area contributed by atoms with Gasteiger partial charge in [0, 0.05) is 12.6 Å². The summed E-state index contributed by atoms with van der Waals surface area (Å²) in [6, 6.07) is 0.484. The highest BCUT2D eigenvalue weighted by Gasteiger charge is 2.21. The van der Waals surface area contributed by atoms with Crippen LogP contribution in [0.5, 0.6) is 0 Å². The van der Waals surface area contributed by atoms with Crippen LogP contribution in [0.4, 0.5) is 0 Å². The summed E-state index contributed by atoms with van der Waals surface area (Å²) < 4.78 is 0. The van der Waals surface area contributed by atoms with E-state index in [0.29, 0.717) is 22.2 Å². The van der Waals surface area contributed by atoms with Crippen LogP contribution in [0.1, 0.15) is 39.5 Å². The van der Waals surface area contributed by atoms with Crippen LogP contribution in [0.2, 0.25) is 0 Å². The molecule has 0 aromatic rings. The van der Waals surface area contributed by atoms with E-state index in [2.05, 4.69) is 28.4 Å². The van der Waals surface area contributed by atoms with Crippen molar-refractivity contribution in [3.05, 3.63) is 0 Å². The highest BCUT2D eigenvalue weighted by molar-refractivity contribution is 7.80. The largest absolute Gasteiger partial charge is 0.362 e. The van der Waals surface area contributed by atoms with E-state index in [4.69, 9.17) is 24.4 Å². The van der Waals surface area contributed by atoms with Crippen LogP contribution >= 0.6 is 24.4 Å². The Morgan fingerprint density at radius 1 is 1.12 bits per heavy atom. The van der Waals surface area contributed by atoms with E-state index in [-0.39, 0.29) is 0 Å². The third-order valence-electron chi connectivity index (χ3n) is 3.05. The number of nitrogens with one attached hydrogen (secondary N) is 4. The molecule has 1 fully saturated rings. The average molecular weight is 274 g/mol. The summed E-state index contributed by atoms with van der Waals surface area (Å²) in [7, 11) is 0. The fraction of sp³-hybridized carbons (Fsp3) is 0.818. The Labute approximate surface area is 114 Å². The van der Waals surface area contributed by atoms with Gasteiger partial charge in [0.05, 0.1) is 0 Å². The minimum atomic E-state index is 0.484.